The number of ketones is 1. The number of allylic oxidation sites excluding steroid dienone is 2. The number of carbonyl (C=O) groups is 1. The van der Waals surface area contributed by atoms with Gasteiger partial charge in [0.15, 0.2) is 5.78 Å². The maximum atomic E-state index is 11.2. The summed E-state index contributed by atoms with van der Waals surface area (Å²) in [7, 11) is -3.41. The van der Waals surface area contributed by atoms with Gasteiger partial charge in [-0.05, 0) is 12.2 Å². The third-order valence-corrected chi connectivity index (χ3v) is 2.27. The third kappa shape index (κ3) is 9.53. The van der Waals surface area contributed by atoms with Gasteiger partial charge in [0, 0.05) is 12.7 Å². The van der Waals surface area contributed by atoms with Gasteiger partial charge in [0.2, 0.25) is 10.0 Å². The summed E-state index contributed by atoms with van der Waals surface area (Å²) in [5.74, 6) is -0.469. The Morgan fingerprint density at radius 3 is 2.61 bits per heavy atom. The highest BCUT2D eigenvalue weighted by atomic mass is 32.2. The summed E-state index contributed by atoms with van der Waals surface area (Å²) < 4.78 is 23.5. The summed E-state index contributed by atoms with van der Waals surface area (Å²) in [6.45, 7) is -0.128. The second-order valence-corrected chi connectivity index (χ2v) is 5.12. The number of rotatable bonds is 8. The first-order chi connectivity index (χ1) is 8.39. The topological polar surface area (TPSA) is 119 Å². The third-order valence-electron chi connectivity index (χ3n) is 1.60. The molecule has 8 heteroatoms. The minimum Gasteiger partial charge on any atom is -0.395 e. The van der Waals surface area contributed by atoms with Crippen LogP contribution in [0.15, 0.2) is 23.9 Å². The number of nitriles is 1. The summed E-state index contributed by atoms with van der Waals surface area (Å²) in [6.07, 6.45) is 4.66. The lowest BCUT2D eigenvalue weighted by Gasteiger charge is -1.98. The first-order valence-corrected chi connectivity index (χ1v) is 6.88. The van der Waals surface area contributed by atoms with Crippen molar-refractivity contribution < 1.29 is 18.3 Å². The molecule has 0 aromatic heterocycles. The fourth-order valence-corrected chi connectivity index (χ4v) is 1.21. The second kappa shape index (κ2) is 8.41. The lowest BCUT2D eigenvalue weighted by molar-refractivity contribution is -0.113. The van der Waals surface area contributed by atoms with Gasteiger partial charge in [-0.15, -0.1) is 0 Å². The number of carbonyl (C=O) groups excluding carboxylic acids is 1. The molecule has 0 saturated heterocycles. The van der Waals surface area contributed by atoms with Crippen molar-refractivity contribution in [2.75, 3.05) is 26.0 Å². The van der Waals surface area contributed by atoms with Crippen LogP contribution >= 0.6 is 0 Å². The van der Waals surface area contributed by atoms with E-state index in [0.717, 1.165) is 12.3 Å². The fourth-order valence-electron chi connectivity index (χ4n) is 0.808. The van der Waals surface area contributed by atoms with Crippen molar-refractivity contribution in [3.63, 3.8) is 0 Å². The molecule has 0 atom stereocenters. The van der Waals surface area contributed by atoms with Gasteiger partial charge in [0.05, 0.1) is 25.0 Å². The molecule has 0 bridgehead atoms. The van der Waals surface area contributed by atoms with E-state index >= 15 is 0 Å². The number of nitrogens with one attached hydrogen (secondary N) is 2. The highest BCUT2D eigenvalue weighted by molar-refractivity contribution is 7.88. The molecule has 0 amide bonds. The smallest absolute Gasteiger partial charge is 0.209 e. The first kappa shape index (κ1) is 16.3. The maximum Gasteiger partial charge on any atom is 0.209 e. The minimum atomic E-state index is -3.41. The van der Waals surface area contributed by atoms with Crippen LogP contribution in [0.5, 0.6) is 0 Å². The van der Waals surface area contributed by atoms with Crippen molar-refractivity contribution in [1.29, 1.82) is 5.26 Å². The number of aliphatic hydroxyl groups excluding tert-OH is 1. The van der Waals surface area contributed by atoms with E-state index in [1.54, 1.807) is 0 Å². The molecule has 100 valence electrons. The van der Waals surface area contributed by atoms with Crippen molar-refractivity contribution in [3.8, 4) is 6.07 Å². The van der Waals surface area contributed by atoms with E-state index in [9.17, 15) is 13.2 Å². The van der Waals surface area contributed by atoms with Crippen LogP contribution in [0.3, 0.4) is 0 Å². The molecule has 0 spiro atoms. The molecule has 0 aliphatic rings. The Hall–Kier alpha value is -1.69. The van der Waals surface area contributed by atoms with Crippen LogP contribution in [0.1, 0.15) is 0 Å². The van der Waals surface area contributed by atoms with Gasteiger partial charge in [-0.3, -0.25) is 4.79 Å². The molecule has 7 nitrogen and oxygen atoms in total. The lowest BCUT2D eigenvalue weighted by atomic mass is 10.2. The molecular formula is C10H15N3O4S. The van der Waals surface area contributed by atoms with E-state index in [-0.39, 0.29) is 18.7 Å². The average Bonchev–Trinajstić information content (AvgIpc) is 2.30. The van der Waals surface area contributed by atoms with Crippen LogP contribution < -0.4 is 10.0 Å². The average molecular weight is 273 g/mol. The van der Waals surface area contributed by atoms with E-state index in [1.807, 2.05) is 10.8 Å². The molecule has 0 radical (unpaired) electrons. The maximum absolute atomic E-state index is 11.2. The van der Waals surface area contributed by atoms with Gasteiger partial charge < -0.3 is 10.4 Å². The predicted molar refractivity (Wildman–Crippen MR) is 65.8 cm³/mol. The van der Waals surface area contributed by atoms with Crippen LogP contribution in [0.4, 0.5) is 0 Å². The van der Waals surface area contributed by atoms with Gasteiger partial charge in [0.25, 0.3) is 0 Å². The Kier molecular flexibility index (Phi) is 7.62. The van der Waals surface area contributed by atoms with E-state index in [2.05, 4.69) is 5.32 Å². The first-order valence-electron chi connectivity index (χ1n) is 4.99. The van der Waals surface area contributed by atoms with Crippen LogP contribution in [0.2, 0.25) is 0 Å². The molecule has 0 aromatic rings. The van der Waals surface area contributed by atoms with Gasteiger partial charge in [-0.25, -0.2) is 13.1 Å². The Balaban J connectivity index is 4.31. The normalized spacial score (nSPS) is 12.4. The minimum absolute atomic E-state index is 0.0733. The van der Waals surface area contributed by atoms with E-state index in [0.29, 0.717) is 6.54 Å². The number of sulfonamides is 1. The number of nitrogens with zero attached hydrogens (tertiary/aromatic N) is 1. The van der Waals surface area contributed by atoms with Gasteiger partial charge >= 0.3 is 0 Å². The molecule has 3 N–H and O–H groups in total. The monoisotopic (exact) mass is 273 g/mol. The van der Waals surface area contributed by atoms with Crippen LogP contribution in [0.25, 0.3) is 0 Å². The lowest BCUT2D eigenvalue weighted by Crippen LogP contribution is -2.27. The number of aliphatic hydroxyl groups is 1. The Morgan fingerprint density at radius 2 is 2.11 bits per heavy atom. The van der Waals surface area contributed by atoms with E-state index in [4.69, 9.17) is 10.4 Å². The Morgan fingerprint density at radius 1 is 1.44 bits per heavy atom. The largest absolute Gasteiger partial charge is 0.395 e. The summed E-state index contributed by atoms with van der Waals surface area (Å²) >= 11 is 0. The second-order valence-electron chi connectivity index (χ2n) is 3.28. The molecule has 0 saturated carbocycles. The zero-order valence-corrected chi connectivity index (χ0v) is 10.7. The van der Waals surface area contributed by atoms with Crippen LogP contribution in [-0.2, 0) is 14.8 Å². The van der Waals surface area contributed by atoms with E-state index in [1.165, 1.54) is 12.3 Å². The molecular weight excluding hydrogens is 258 g/mol. The molecule has 0 unspecified atom stereocenters. The van der Waals surface area contributed by atoms with Crippen molar-refractivity contribution in [1.82, 2.24) is 10.0 Å². The Bertz CT molecular complexity index is 474. The fraction of sp³-hybridized carbons (Fsp3) is 0.400. The van der Waals surface area contributed by atoms with Crippen LogP contribution in [0, 0.1) is 11.3 Å². The summed E-state index contributed by atoms with van der Waals surface area (Å²) in [6, 6.07) is 1.83. The van der Waals surface area contributed by atoms with Crippen molar-refractivity contribution in [3.05, 3.63) is 23.9 Å². The Labute approximate surface area is 106 Å². The quantitative estimate of drug-likeness (QED) is 0.218. The zero-order chi connectivity index (χ0) is 14.0. The predicted octanol–water partition coefficient (Wildman–Crippen LogP) is -1.35. The molecule has 0 heterocycles. The molecule has 0 aromatic carbocycles. The van der Waals surface area contributed by atoms with Crippen LogP contribution in [-0.4, -0.2) is 45.3 Å². The van der Waals surface area contributed by atoms with Gasteiger partial charge in [-0.1, -0.05) is 0 Å². The summed E-state index contributed by atoms with van der Waals surface area (Å²) in [5.41, 5.74) is 0.191. The molecule has 0 fully saturated rings. The van der Waals surface area contributed by atoms with E-state index < -0.39 is 15.8 Å². The van der Waals surface area contributed by atoms with Gasteiger partial charge in [0.1, 0.15) is 6.07 Å². The highest BCUT2D eigenvalue weighted by Gasteiger charge is 2.03. The summed E-state index contributed by atoms with van der Waals surface area (Å²) in [4.78, 5) is 11.2. The zero-order valence-electron chi connectivity index (χ0n) is 9.88. The summed E-state index contributed by atoms with van der Waals surface area (Å²) in [5, 5.41) is 19.9. The SMILES string of the molecule is CS(=O)(=O)NCC(=O)/C=C\C(C#N)=C/NCCO. The molecule has 0 rings (SSSR count). The number of hydrogen-bond donors (Lipinski definition) is 3. The molecule has 0 aliphatic heterocycles. The van der Waals surface area contributed by atoms with Crippen molar-refractivity contribution >= 4 is 15.8 Å². The number of hydrogen-bond acceptors (Lipinski definition) is 6. The molecule has 0 aliphatic carbocycles. The standard InChI is InChI=1S/C10H15N3O4S/c1-18(16,17)13-8-10(15)3-2-9(6-11)7-12-4-5-14/h2-3,7,12-14H,4-5,8H2,1H3/b3-2-,9-7+. The van der Waals surface area contributed by atoms with Gasteiger partial charge in [-0.2, -0.15) is 5.26 Å². The van der Waals surface area contributed by atoms with Crippen molar-refractivity contribution in [2.24, 2.45) is 0 Å². The highest BCUT2D eigenvalue weighted by Crippen LogP contribution is 1.93. The van der Waals surface area contributed by atoms with Crippen molar-refractivity contribution in [2.45, 2.75) is 0 Å². The molecule has 18 heavy (non-hydrogen) atoms.